The second-order valence-electron chi connectivity index (χ2n) is 5.09. The Hall–Kier alpha value is -1.79. The Morgan fingerprint density at radius 3 is 2.52 bits per heavy atom. The zero-order chi connectivity index (χ0) is 16.5. The van der Waals surface area contributed by atoms with Crippen LogP contribution in [-0.4, -0.2) is 29.9 Å². The van der Waals surface area contributed by atoms with E-state index in [4.69, 9.17) is 0 Å². The predicted octanol–water partition coefficient (Wildman–Crippen LogP) is 3.09. The van der Waals surface area contributed by atoms with Crippen LogP contribution in [0.5, 0.6) is 0 Å². The van der Waals surface area contributed by atoms with Crippen LogP contribution in [0.2, 0.25) is 0 Å². The number of anilines is 1. The smallest absolute Gasteiger partial charge is 0.234 e. The molecule has 1 aromatic heterocycles. The van der Waals surface area contributed by atoms with Gasteiger partial charge in [-0.1, -0.05) is 23.8 Å². The van der Waals surface area contributed by atoms with Gasteiger partial charge in [0.1, 0.15) is 0 Å². The van der Waals surface area contributed by atoms with Crippen LogP contribution < -0.4 is 10.6 Å². The molecule has 2 rings (SSSR count). The SMILES string of the molecule is Cc1ccc(NC(=O)CSCC(=O)NCCc2cccs2)cc1. The van der Waals surface area contributed by atoms with Crippen molar-refractivity contribution in [3.63, 3.8) is 0 Å². The summed E-state index contributed by atoms with van der Waals surface area (Å²) in [5.74, 6) is 0.442. The van der Waals surface area contributed by atoms with E-state index < -0.39 is 0 Å². The minimum absolute atomic E-state index is 0.0327. The molecule has 1 heterocycles. The fraction of sp³-hybridized carbons (Fsp3) is 0.294. The lowest BCUT2D eigenvalue weighted by atomic mass is 10.2. The van der Waals surface area contributed by atoms with Gasteiger partial charge in [-0.05, 0) is 36.9 Å². The fourth-order valence-corrected chi connectivity index (χ4v) is 3.26. The molecule has 0 saturated heterocycles. The lowest BCUT2D eigenvalue weighted by Crippen LogP contribution is -2.27. The summed E-state index contributed by atoms with van der Waals surface area (Å²) in [6, 6.07) is 11.7. The predicted molar refractivity (Wildman–Crippen MR) is 98.2 cm³/mol. The molecule has 0 atom stereocenters. The van der Waals surface area contributed by atoms with Gasteiger partial charge >= 0.3 is 0 Å². The van der Waals surface area contributed by atoms with Gasteiger partial charge in [-0.2, -0.15) is 0 Å². The van der Waals surface area contributed by atoms with Crippen molar-refractivity contribution in [3.8, 4) is 0 Å². The van der Waals surface area contributed by atoms with E-state index in [0.717, 1.165) is 17.7 Å². The number of thioether (sulfide) groups is 1. The average molecular weight is 348 g/mol. The second-order valence-corrected chi connectivity index (χ2v) is 7.10. The molecule has 2 aromatic rings. The number of rotatable bonds is 8. The number of benzene rings is 1. The summed E-state index contributed by atoms with van der Waals surface area (Å²) < 4.78 is 0. The first-order chi connectivity index (χ1) is 11.1. The molecule has 0 unspecified atom stereocenters. The normalized spacial score (nSPS) is 10.3. The number of carbonyl (C=O) groups is 2. The molecule has 23 heavy (non-hydrogen) atoms. The van der Waals surface area contributed by atoms with E-state index in [-0.39, 0.29) is 17.6 Å². The number of amides is 2. The standard InChI is InChI=1S/C17H20N2O2S2/c1-13-4-6-14(7-5-13)19-17(21)12-22-11-16(20)18-9-8-15-3-2-10-23-15/h2-7,10H,8-9,11-12H2,1H3,(H,18,20)(H,19,21). The monoisotopic (exact) mass is 348 g/mol. The van der Waals surface area contributed by atoms with Crippen LogP contribution in [0.4, 0.5) is 5.69 Å². The first-order valence-corrected chi connectivity index (χ1v) is 9.40. The minimum atomic E-state index is -0.0924. The molecule has 0 aliphatic rings. The Bertz CT molecular complexity index is 625. The van der Waals surface area contributed by atoms with Crippen molar-refractivity contribution in [1.29, 1.82) is 0 Å². The zero-order valence-corrected chi connectivity index (χ0v) is 14.6. The summed E-state index contributed by atoms with van der Waals surface area (Å²) in [4.78, 5) is 24.7. The third-order valence-corrected chi connectivity index (χ3v) is 4.94. The van der Waals surface area contributed by atoms with Crippen molar-refractivity contribution in [3.05, 3.63) is 52.2 Å². The molecule has 4 nitrogen and oxygen atoms in total. The Morgan fingerprint density at radius 2 is 1.83 bits per heavy atom. The number of carbonyl (C=O) groups excluding carboxylic acids is 2. The number of hydrogen-bond acceptors (Lipinski definition) is 4. The molecule has 0 radical (unpaired) electrons. The summed E-state index contributed by atoms with van der Waals surface area (Å²) in [6.07, 6.45) is 0.849. The van der Waals surface area contributed by atoms with Gasteiger partial charge in [-0.3, -0.25) is 9.59 Å². The molecule has 0 bridgehead atoms. The number of nitrogens with one attached hydrogen (secondary N) is 2. The second kappa shape index (κ2) is 9.37. The topological polar surface area (TPSA) is 58.2 Å². The van der Waals surface area contributed by atoms with E-state index >= 15 is 0 Å². The molecule has 0 fully saturated rings. The number of aryl methyl sites for hydroxylation is 1. The van der Waals surface area contributed by atoms with Crippen LogP contribution in [0.25, 0.3) is 0 Å². The van der Waals surface area contributed by atoms with Crippen LogP contribution in [0.3, 0.4) is 0 Å². The molecular formula is C17H20N2O2S2. The third-order valence-electron chi connectivity index (χ3n) is 3.08. The largest absolute Gasteiger partial charge is 0.355 e. The van der Waals surface area contributed by atoms with Gasteiger partial charge in [-0.25, -0.2) is 0 Å². The Labute approximate surface area is 144 Å². The third kappa shape index (κ3) is 6.88. The summed E-state index contributed by atoms with van der Waals surface area (Å²) in [5, 5.41) is 7.71. The van der Waals surface area contributed by atoms with Gasteiger partial charge in [-0.15, -0.1) is 23.1 Å². The maximum absolute atomic E-state index is 11.8. The maximum atomic E-state index is 11.8. The maximum Gasteiger partial charge on any atom is 0.234 e. The van der Waals surface area contributed by atoms with E-state index in [1.807, 2.05) is 42.6 Å². The van der Waals surface area contributed by atoms with Crippen molar-refractivity contribution < 1.29 is 9.59 Å². The highest BCUT2D eigenvalue weighted by Gasteiger charge is 2.06. The van der Waals surface area contributed by atoms with Gasteiger partial charge in [0.15, 0.2) is 0 Å². The van der Waals surface area contributed by atoms with Gasteiger partial charge in [0.2, 0.25) is 11.8 Å². The highest BCUT2D eigenvalue weighted by molar-refractivity contribution is 8.00. The molecule has 1 aromatic carbocycles. The summed E-state index contributed by atoms with van der Waals surface area (Å²) in [6.45, 7) is 2.63. The molecule has 0 spiro atoms. The Morgan fingerprint density at radius 1 is 1.09 bits per heavy atom. The first-order valence-electron chi connectivity index (χ1n) is 7.37. The molecule has 6 heteroatoms. The van der Waals surface area contributed by atoms with Crippen molar-refractivity contribution in [2.45, 2.75) is 13.3 Å². The molecule has 2 N–H and O–H groups in total. The van der Waals surface area contributed by atoms with Crippen LogP contribution in [0.1, 0.15) is 10.4 Å². The number of thiophene rings is 1. The Kier molecular flexibility index (Phi) is 7.16. The fourth-order valence-electron chi connectivity index (χ4n) is 1.90. The summed E-state index contributed by atoms with van der Waals surface area (Å²) in [7, 11) is 0. The molecule has 122 valence electrons. The van der Waals surface area contributed by atoms with Crippen LogP contribution in [-0.2, 0) is 16.0 Å². The van der Waals surface area contributed by atoms with Gasteiger partial charge in [0.05, 0.1) is 11.5 Å². The van der Waals surface area contributed by atoms with Crippen LogP contribution >= 0.6 is 23.1 Å². The van der Waals surface area contributed by atoms with Crippen LogP contribution in [0, 0.1) is 6.92 Å². The van der Waals surface area contributed by atoms with Crippen molar-refractivity contribution >= 4 is 40.6 Å². The van der Waals surface area contributed by atoms with Crippen molar-refractivity contribution in [2.75, 3.05) is 23.4 Å². The van der Waals surface area contributed by atoms with E-state index in [1.165, 1.54) is 16.6 Å². The van der Waals surface area contributed by atoms with Gasteiger partial charge in [0, 0.05) is 17.1 Å². The quantitative estimate of drug-likeness (QED) is 0.771. The molecular weight excluding hydrogens is 328 g/mol. The van der Waals surface area contributed by atoms with Crippen molar-refractivity contribution in [2.24, 2.45) is 0 Å². The summed E-state index contributed by atoms with van der Waals surface area (Å²) >= 11 is 3.01. The van der Waals surface area contributed by atoms with Gasteiger partial charge < -0.3 is 10.6 Å². The lowest BCUT2D eigenvalue weighted by Gasteiger charge is -2.06. The average Bonchev–Trinajstić information content (AvgIpc) is 3.03. The van der Waals surface area contributed by atoms with E-state index in [0.29, 0.717) is 12.3 Å². The van der Waals surface area contributed by atoms with Gasteiger partial charge in [0.25, 0.3) is 0 Å². The summed E-state index contributed by atoms with van der Waals surface area (Å²) in [5.41, 5.74) is 1.93. The lowest BCUT2D eigenvalue weighted by molar-refractivity contribution is -0.118. The first kappa shape index (κ1) is 17.6. The highest BCUT2D eigenvalue weighted by Crippen LogP contribution is 2.10. The van der Waals surface area contributed by atoms with E-state index in [1.54, 1.807) is 11.3 Å². The minimum Gasteiger partial charge on any atom is -0.355 e. The zero-order valence-electron chi connectivity index (χ0n) is 13.0. The number of hydrogen-bond donors (Lipinski definition) is 2. The Balaban J connectivity index is 1.57. The molecule has 0 aliphatic carbocycles. The molecule has 0 aliphatic heterocycles. The van der Waals surface area contributed by atoms with E-state index in [9.17, 15) is 9.59 Å². The highest BCUT2D eigenvalue weighted by atomic mass is 32.2. The van der Waals surface area contributed by atoms with Crippen molar-refractivity contribution in [1.82, 2.24) is 5.32 Å². The molecule has 2 amide bonds. The van der Waals surface area contributed by atoms with E-state index in [2.05, 4.69) is 16.7 Å². The van der Waals surface area contributed by atoms with Crippen LogP contribution in [0.15, 0.2) is 41.8 Å². The molecule has 0 saturated carbocycles.